The number of rotatable bonds is 4. The van der Waals surface area contributed by atoms with Gasteiger partial charge in [0.1, 0.15) is 6.61 Å². The lowest BCUT2D eigenvalue weighted by atomic mass is 10.1. The van der Waals surface area contributed by atoms with Crippen LogP contribution in [0.2, 0.25) is 0 Å². The summed E-state index contributed by atoms with van der Waals surface area (Å²) in [7, 11) is 0. The Morgan fingerprint density at radius 2 is 0.846 bits per heavy atom. The maximum absolute atomic E-state index is 13.5. The van der Waals surface area contributed by atoms with Crippen molar-refractivity contribution in [3.05, 3.63) is 0 Å². The fourth-order valence-corrected chi connectivity index (χ4v) is 1.66. The van der Waals surface area contributed by atoms with E-state index in [2.05, 4.69) is 4.74 Å². The van der Waals surface area contributed by atoms with Gasteiger partial charge in [0.15, 0.2) is 0 Å². The SMILES string of the molecule is FC(F)(F)C(F)(F)C(F)(F)COC1(F)C(F)(F)C(F)(F)C(F)(F)C1(F)F. The molecular weight excluding hydrogens is 428 g/mol. The molecule has 1 aliphatic rings. The highest BCUT2D eigenvalue weighted by Gasteiger charge is 3.02. The molecule has 1 fully saturated rings. The zero-order valence-electron chi connectivity index (χ0n) is 11.2. The van der Waals surface area contributed by atoms with Gasteiger partial charge in [0.2, 0.25) is 0 Å². The van der Waals surface area contributed by atoms with E-state index in [-0.39, 0.29) is 0 Å². The molecule has 1 rings (SSSR count). The topological polar surface area (TPSA) is 9.23 Å². The number of ether oxygens (including phenoxy) is 1. The molecule has 17 heteroatoms. The molecule has 0 bridgehead atoms. The third-order valence-corrected chi connectivity index (χ3v) is 3.26. The number of halogens is 16. The lowest BCUT2D eigenvalue weighted by Gasteiger charge is -2.34. The summed E-state index contributed by atoms with van der Waals surface area (Å²) in [6.45, 7) is -4.02. The molecule has 1 saturated carbocycles. The Morgan fingerprint density at radius 3 is 1.12 bits per heavy atom. The molecule has 156 valence electrons. The minimum Gasteiger partial charge on any atom is -0.330 e. The van der Waals surface area contributed by atoms with Crippen LogP contribution in [0.4, 0.5) is 70.2 Å². The van der Waals surface area contributed by atoms with E-state index in [0.717, 1.165) is 0 Å². The Morgan fingerprint density at radius 1 is 0.538 bits per heavy atom. The lowest BCUT2D eigenvalue weighted by Crippen LogP contribution is -2.60. The molecule has 0 heterocycles. The maximum Gasteiger partial charge on any atom is 0.459 e. The van der Waals surface area contributed by atoms with Crippen molar-refractivity contribution >= 4 is 0 Å². The summed E-state index contributed by atoms with van der Waals surface area (Å²) in [4.78, 5) is 0. The van der Waals surface area contributed by atoms with E-state index in [0.29, 0.717) is 0 Å². The molecule has 1 aliphatic carbocycles. The van der Waals surface area contributed by atoms with Crippen LogP contribution in [-0.4, -0.2) is 54.2 Å². The number of hydrogen-bond donors (Lipinski definition) is 0. The van der Waals surface area contributed by atoms with Gasteiger partial charge in [0.05, 0.1) is 0 Å². The molecule has 0 aromatic rings. The van der Waals surface area contributed by atoms with Crippen LogP contribution in [0.15, 0.2) is 0 Å². The van der Waals surface area contributed by atoms with Crippen molar-refractivity contribution in [2.75, 3.05) is 6.61 Å². The van der Waals surface area contributed by atoms with Crippen molar-refractivity contribution in [1.29, 1.82) is 0 Å². The first-order valence-electron chi connectivity index (χ1n) is 5.62. The van der Waals surface area contributed by atoms with Crippen LogP contribution in [0, 0.1) is 0 Å². The van der Waals surface area contributed by atoms with Crippen LogP contribution in [0.5, 0.6) is 0 Å². The molecular formula is C9H2F16O. The average Bonchev–Trinajstić information content (AvgIpc) is 2.46. The van der Waals surface area contributed by atoms with Crippen LogP contribution >= 0.6 is 0 Å². The largest absolute Gasteiger partial charge is 0.459 e. The summed E-state index contributed by atoms with van der Waals surface area (Å²) in [5, 5.41) is 0. The molecule has 0 N–H and O–H groups in total. The predicted octanol–water partition coefficient (Wildman–Crippen LogP) is 5.06. The standard InChI is InChI=1S/C9H2F16O/c10-2(11,3(12,13)9(23,24)25)1-26-8(22)6(18,19)4(14,15)5(16,17)7(8,20)21/h1H2. The highest BCUT2D eigenvalue weighted by Crippen LogP contribution is 2.69. The summed E-state index contributed by atoms with van der Waals surface area (Å²) < 4.78 is 204. The molecule has 0 spiro atoms. The first-order valence-corrected chi connectivity index (χ1v) is 5.62. The van der Waals surface area contributed by atoms with Crippen molar-refractivity contribution in [2.45, 2.75) is 47.6 Å². The van der Waals surface area contributed by atoms with E-state index in [1.54, 1.807) is 0 Å². The molecule has 1 nitrogen and oxygen atoms in total. The minimum absolute atomic E-state index is 2.18. The fourth-order valence-electron chi connectivity index (χ4n) is 1.66. The van der Waals surface area contributed by atoms with Crippen LogP contribution in [-0.2, 0) is 4.74 Å². The van der Waals surface area contributed by atoms with E-state index < -0.39 is 54.2 Å². The van der Waals surface area contributed by atoms with Gasteiger partial charge in [0, 0.05) is 0 Å². The first kappa shape index (κ1) is 22.9. The third-order valence-electron chi connectivity index (χ3n) is 3.26. The van der Waals surface area contributed by atoms with E-state index >= 15 is 0 Å². The molecule has 0 radical (unpaired) electrons. The monoisotopic (exact) mass is 430 g/mol. The Bertz CT molecular complexity index is 533. The molecule has 0 aliphatic heterocycles. The predicted molar refractivity (Wildman–Crippen MR) is 45.5 cm³/mol. The van der Waals surface area contributed by atoms with Gasteiger partial charge in [-0.05, 0) is 0 Å². The smallest absolute Gasteiger partial charge is 0.330 e. The van der Waals surface area contributed by atoms with Crippen LogP contribution in [0.1, 0.15) is 0 Å². The summed E-state index contributed by atoms with van der Waals surface area (Å²) >= 11 is 0. The van der Waals surface area contributed by atoms with E-state index in [1.807, 2.05) is 0 Å². The van der Waals surface area contributed by atoms with Gasteiger partial charge in [-0.25, -0.2) is 0 Å². The van der Waals surface area contributed by atoms with Gasteiger partial charge in [-0.2, -0.15) is 70.2 Å². The second-order valence-electron chi connectivity index (χ2n) is 4.96. The lowest BCUT2D eigenvalue weighted by molar-refractivity contribution is -0.398. The molecule has 0 aromatic heterocycles. The Hall–Kier alpha value is -1.16. The number of alkyl halides is 16. The van der Waals surface area contributed by atoms with Gasteiger partial charge in [-0.15, -0.1) is 0 Å². The average molecular weight is 430 g/mol. The van der Waals surface area contributed by atoms with Crippen molar-refractivity contribution < 1.29 is 75.0 Å². The summed E-state index contributed by atoms with van der Waals surface area (Å²) in [6, 6.07) is 0. The van der Waals surface area contributed by atoms with E-state index in [9.17, 15) is 70.2 Å². The Balaban J connectivity index is 3.36. The van der Waals surface area contributed by atoms with E-state index in [4.69, 9.17) is 0 Å². The van der Waals surface area contributed by atoms with Crippen molar-refractivity contribution in [1.82, 2.24) is 0 Å². The third kappa shape index (κ3) is 2.30. The van der Waals surface area contributed by atoms with Crippen LogP contribution < -0.4 is 0 Å². The molecule has 0 atom stereocenters. The molecule has 0 aromatic carbocycles. The summed E-state index contributed by atoms with van der Waals surface area (Å²) in [5.74, 6) is -50.2. The van der Waals surface area contributed by atoms with Crippen LogP contribution in [0.25, 0.3) is 0 Å². The van der Waals surface area contributed by atoms with Crippen molar-refractivity contribution in [3.63, 3.8) is 0 Å². The minimum atomic E-state index is -7.30. The maximum atomic E-state index is 13.5. The van der Waals surface area contributed by atoms with Crippen molar-refractivity contribution in [3.8, 4) is 0 Å². The summed E-state index contributed by atoms with van der Waals surface area (Å²) in [5.41, 5.74) is 0. The Kier molecular flexibility index (Phi) is 4.59. The van der Waals surface area contributed by atoms with Gasteiger partial charge in [0.25, 0.3) is 0 Å². The van der Waals surface area contributed by atoms with Gasteiger partial charge in [-0.3, -0.25) is 0 Å². The zero-order chi connectivity index (χ0) is 21.4. The molecule has 0 saturated heterocycles. The highest BCUT2D eigenvalue weighted by molar-refractivity contribution is 5.23. The second kappa shape index (κ2) is 5.21. The van der Waals surface area contributed by atoms with E-state index in [1.165, 1.54) is 0 Å². The molecule has 0 unspecified atom stereocenters. The van der Waals surface area contributed by atoms with Crippen molar-refractivity contribution in [2.24, 2.45) is 0 Å². The number of hydrogen-bond acceptors (Lipinski definition) is 1. The van der Waals surface area contributed by atoms with Gasteiger partial charge < -0.3 is 4.74 Å². The normalized spacial score (nSPS) is 26.8. The van der Waals surface area contributed by atoms with Gasteiger partial charge >= 0.3 is 47.6 Å². The Labute approximate surface area is 130 Å². The first-order chi connectivity index (χ1) is 11.0. The quantitative estimate of drug-likeness (QED) is 0.567. The fraction of sp³-hybridized carbons (Fsp3) is 1.00. The zero-order valence-corrected chi connectivity index (χ0v) is 11.2. The second-order valence-corrected chi connectivity index (χ2v) is 4.96. The molecule has 26 heavy (non-hydrogen) atoms. The molecule has 0 amide bonds. The van der Waals surface area contributed by atoms with Crippen LogP contribution in [0.3, 0.4) is 0 Å². The summed E-state index contributed by atoms with van der Waals surface area (Å²) in [6.07, 6.45) is -7.15. The van der Waals surface area contributed by atoms with Gasteiger partial charge in [-0.1, -0.05) is 0 Å². The highest BCUT2D eigenvalue weighted by atomic mass is 19.4.